The van der Waals surface area contributed by atoms with Gasteiger partial charge >= 0.3 is 0 Å². The zero-order valence-electron chi connectivity index (χ0n) is 13.3. The number of hydrogen-bond acceptors (Lipinski definition) is 3. The van der Waals surface area contributed by atoms with E-state index in [1.807, 2.05) is 23.1 Å². The minimum Gasteiger partial charge on any atom is -0.396 e. The number of rotatable bonds is 3. The summed E-state index contributed by atoms with van der Waals surface area (Å²) in [6.45, 7) is 3.61. The van der Waals surface area contributed by atoms with Crippen LogP contribution >= 0.6 is 11.6 Å². The molecular weight excluding hydrogens is 312 g/mol. The van der Waals surface area contributed by atoms with Crippen molar-refractivity contribution in [1.29, 1.82) is 0 Å². The Morgan fingerprint density at radius 2 is 2.13 bits per heavy atom. The van der Waals surface area contributed by atoms with Crippen molar-refractivity contribution >= 4 is 28.4 Å². The molecule has 5 heteroatoms. The van der Waals surface area contributed by atoms with Gasteiger partial charge in [0, 0.05) is 36.3 Å². The van der Waals surface area contributed by atoms with Crippen LogP contribution in [0.5, 0.6) is 0 Å². The van der Waals surface area contributed by atoms with Gasteiger partial charge in [0.25, 0.3) is 5.91 Å². The van der Waals surface area contributed by atoms with Crippen LogP contribution in [0.25, 0.3) is 10.9 Å². The zero-order valence-corrected chi connectivity index (χ0v) is 14.0. The van der Waals surface area contributed by atoms with Gasteiger partial charge in [-0.1, -0.05) is 24.6 Å². The third-order valence-corrected chi connectivity index (χ3v) is 5.32. The number of fused-ring (bicyclic) bond motifs is 1. The van der Waals surface area contributed by atoms with Gasteiger partial charge in [-0.3, -0.25) is 9.78 Å². The summed E-state index contributed by atoms with van der Waals surface area (Å²) in [4.78, 5) is 19.1. The van der Waals surface area contributed by atoms with Gasteiger partial charge in [0.05, 0.1) is 11.1 Å². The molecule has 0 unspecified atom stereocenters. The third kappa shape index (κ3) is 3.06. The molecule has 0 radical (unpaired) electrons. The molecule has 1 saturated heterocycles. The second-order valence-electron chi connectivity index (χ2n) is 6.33. The molecule has 0 saturated carbocycles. The molecule has 1 aliphatic rings. The number of amides is 1. The van der Waals surface area contributed by atoms with E-state index in [0.717, 1.165) is 24.6 Å². The van der Waals surface area contributed by atoms with Gasteiger partial charge in [-0.25, -0.2) is 0 Å². The van der Waals surface area contributed by atoms with Crippen LogP contribution in [0.15, 0.2) is 30.5 Å². The Hall–Kier alpha value is -1.65. The molecule has 1 aromatic heterocycles. The van der Waals surface area contributed by atoms with E-state index < -0.39 is 0 Å². The van der Waals surface area contributed by atoms with E-state index >= 15 is 0 Å². The van der Waals surface area contributed by atoms with Crippen molar-refractivity contribution in [3.63, 3.8) is 0 Å². The topological polar surface area (TPSA) is 53.4 Å². The van der Waals surface area contributed by atoms with Crippen molar-refractivity contribution in [3.8, 4) is 0 Å². The molecule has 2 aromatic rings. The maximum absolute atomic E-state index is 12.9. The summed E-state index contributed by atoms with van der Waals surface area (Å²) in [5, 5.41) is 11.0. The molecule has 2 heterocycles. The van der Waals surface area contributed by atoms with Crippen molar-refractivity contribution in [3.05, 3.63) is 41.0 Å². The first kappa shape index (κ1) is 16.2. The van der Waals surface area contributed by atoms with Crippen molar-refractivity contribution in [2.24, 2.45) is 5.41 Å². The highest BCUT2D eigenvalue weighted by molar-refractivity contribution is 6.32. The molecule has 1 aliphatic heterocycles. The molecule has 1 amide bonds. The molecule has 0 spiro atoms. The van der Waals surface area contributed by atoms with Crippen LogP contribution in [0.4, 0.5) is 0 Å². The van der Waals surface area contributed by atoms with Crippen molar-refractivity contribution in [2.75, 3.05) is 19.7 Å². The van der Waals surface area contributed by atoms with Crippen LogP contribution in [-0.4, -0.2) is 40.6 Å². The quantitative estimate of drug-likeness (QED) is 0.935. The number of benzene rings is 1. The number of carbonyl (C=O) groups is 1. The van der Waals surface area contributed by atoms with E-state index in [2.05, 4.69) is 11.9 Å². The van der Waals surface area contributed by atoms with Crippen LogP contribution in [-0.2, 0) is 0 Å². The zero-order chi connectivity index (χ0) is 16.4. The van der Waals surface area contributed by atoms with E-state index in [1.165, 1.54) is 0 Å². The van der Waals surface area contributed by atoms with Crippen LogP contribution in [0, 0.1) is 5.41 Å². The summed E-state index contributed by atoms with van der Waals surface area (Å²) in [6.07, 6.45) is 4.29. The van der Waals surface area contributed by atoms with E-state index in [4.69, 9.17) is 11.6 Å². The average molecular weight is 333 g/mol. The lowest BCUT2D eigenvalue weighted by Crippen LogP contribution is -2.44. The largest absolute Gasteiger partial charge is 0.396 e. The number of aliphatic hydroxyl groups excluding tert-OH is 1. The highest BCUT2D eigenvalue weighted by atomic mass is 35.5. The number of likely N-dealkylation sites (tertiary alicyclic amines) is 1. The first-order valence-corrected chi connectivity index (χ1v) is 8.41. The van der Waals surface area contributed by atoms with Gasteiger partial charge < -0.3 is 10.0 Å². The molecule has 0 aliphatic carbocycles. The lowest BCUT2D eigenvalue weighted by molar-refractivity contribution is 0.0339. The van der Waals surface area contributed by atoms with Gasteiger partial charge in [0.15, 0.2) is 0 Å². The van der Waals surface area contributed by atoms with Gasteiger partial charge in [-0.15, -0.1) is 0 Å². The number of hydrogen-bond donors (Lipinski definition) is 1. The predicted octanol–water partition coefficient (Wildman–Crippen LogP) is 3.51. The Kier molecular flexibility index (Phi) is 4.55. The fourth-order valence-corrected chi connectivity index (χ4v) is 3.52. The molecule has 3 rings (SSSR count). The molecule has 4 nitrogen and oxygen atoms in total. The maximum atomic E-state index is 12.9. The molecule has 1 aromatic carbocycles. The second kappa shape index (κ2) is 6.46. The van der Waals surface area contributed by atoms with Crippen molar-refractivity contribution in [1.82, 2.24) is 9.88 Å². The van der Waals surface area contributed by atoms with Crippen LogP contribution in [0.3, 0.4) is 0 Å². The number of halogens is 1. The van der Waals surface area contributed by atoms with Gasteiger partial charge in [0.1, 0.15) is 0 Å². The fraction of sp³-hybridized carbons (Fsp3) is 0.444. The summed E-state index contributed by atoms with van der Waals surface area (Å²) < 4.78 is 0. The smallest absolute Gasteiger partial charge is 0.256 e. The molecule has 0 bridgehead atoms. The Bertz CT molecular complexity index is 718. The minimum atomic E-state index is -0.0363. The van der Waals surface area contributed by atoms with Crippen LogP contribution < -0.4 is 0 Å². The van der Waals surface area contributed by atoms with E-state index in [9.17, 15) is 9.90 Å². The minimum absolute atomic E-state index is 0.0288. The van der Waals surface area contributed by atoms with Gasteiger partial charge in [0.2, 0.25) is 0 Å². The number of piperidine rings is 1. The Labute approximate surface area is 141 Å². The van der Waals surface area contributed by atoms with Crippen molar-refractivity contribution in [2.45, 2.75) is 26.2 Å². The summed E-state index contributed by atoms with van der Waals surface area (Å²) in [7, 11) is 0. The lowest BCUT2D eigenvalue weighted by Gasteiger charge is -2.40. The number of pyridine rings is 1. The summed E-state index contributed by atoms with van der Waals surface area (Å²) in [5.41, 5.74) is 1.21. The van der Waals surface area contributed by atoms with E-state index in [-0.39, 0.29) is 17.9 Å². The molecule has 122 valence electrons. The number of nitrogens with zero attached hydrogens (tertiary/aromatic N) is 2. The molecule has 1 fully saturated rings. The Balaban J connectivity index is 1.88. The summed E-state index contributed by atoms with van der Waals surface area (Å²) in [6, 6.07) is 7.28. The van der Waals surface area contributed by atoms with Gasteiger partial charge in [-0.05, 0) is 42.9 Å². The predicted molar refractivity (Wildman–Crippen MR) is 91.7 cm³/mol. The van der Waals surface area contributed by atoms with Crippen molar-refractivity contribution < 1.29 is 9.90 Å². The monoisotopic (exact) mass is 332 g/mol. The lowest BCUT2D eigenvalue weighted by atomic mass is 9.77. The fourth-order valence-electron chi connectivity index (χ4n) is 3.30. The van der Waals surface area contributed by atoms with E-state index in [1.54, 1.807) is 12.3 Å². The summed E-state index contributed by atoms with van der Waals surface area (Å²) in [5.74, 6) is -0.0288. The first-order chi connectivity index (χ1) is 11.1. The maximum Gasteiger partial charge on any atom is 0.256 e. The SMILES string of the molecule is CCC1(CO)CCN(C(=O)c2cc(Cl)cc3cccnc23)CC1. The first-order valence-electron chi connectivity index (χ1n) is 8.03. The molecular formula is C18H21ClN2O2. The third-order valence-electron chi connectivity index (χ3n) is 5.10. The second-order valence-corrected chi connectivity index (χ2v) is 6.77. The molecule has 23 heavy (non-hydrogen) atoms. The van der Waals surface area contributed by atoms with Gasteiger partial charge in [-0.2, -0.15) is 0 Å². The summed E-state index contributed by atoms with van der Waals surface area (Å²) >= 11 is 6.17. The highest BCUT2D eigenvalue weighted by Gasteiger charge is 2.34. The molecule has 0 atom stereocenters. The molecule has 1 N–H and O–H groups in total. The Morgan fingerprint density at radius 1 is 1.39 bits per heavy atom. The average Bonchev–Trinajstić information content (AvgIpc) is 2.60. The van der Waals surface area contributed by atoms with E-state index in [0.29, 0.717) is 29.2 Å². The number of aromatic nitrogens is 1. The number of aliphatic hydroxyl groups is 1. The number of carbonyl (C=O) groups excluding carboxylic acids is 1. The Morgan fingerprint density at radius 3 is 2.78 bits per heavy atom. The highest BCUT2D eigenvalue weighted by Crippen LogP contribution is 2.35. The van der Waals surface area contributed by atoms with Crippen LogP contribution in [0.2, 0.25) is 5.02 Å². The standard InChI is InChI=1S/C18H21ClN2O2/c1-2-18(12-22)5-8-21(9-6-18)17(23)15-11-14(19)10-13-4-3-7-20-16(13)15/h3-4,7,10-11,22H,2,5-6,8-9,12H2,1H3. The van der Waals surface area contributed by atoms with Crippen LogP contribution in [0.1, 0.15) is 36.5 Å². The normalized spacial score (nSPS) is 17.4.